The zero-order chi connectivity index (χ0) is 15.7. The molecular weight excluding hydrogens is 352 g/mol. The zero-order valence-electron chi connectivity index (χ0n) is 13.3. The minimum atomic E-state index is 0.230. The fraction of sp³-hybridized carbons (Fsp3) is 0.368. The van der Waals surface area contributed by atoms with Crippen LogP contribution in [0.1, 0.15) is 24.0 Å². The number of benzene rings is 2. The van der Waals surface area contributed by atoms with Gasteiger partial charge < -0.3 is 4.43 Å². The van der Waals surface area contributed by atoms with Gasteiger partial charge in [-0.1, -0.05) is 76.6 Å². The van der Waals surface area contributed by atoms with Gasteiger partial charge in [0.2, 0.25) is 0 Å². The molecule has 0 aliphatic rings. The first kappa shape index (κ1) is 17.5. The molecule has 0 saturated heterocycles. The Labute approximate surface area is 145 Å². The predicted octanol–water partition coefficient (Wildman–Crippen LogP) is 3.93. The molecule has 118 valence electrons. The Morgan fingerprint density at radius 3 is 1.64 bits per heavy atom. The van der Waals surface area contributed by atoms with Gasteiger partial charge in [-0.15, -0.1) is 0 Å². The SMILES string of the molecule is [SiH3]OCC(CBr)(CCc1ccccc1)CCc1ccccc1. The van der Waals surface area contributed by atoms with E-state index in [1.54, 1.807) is 0 Å². The van der Waals surface area contributed by atoms with Crippen molar-refractivity contribution in [2.45, 2.75) is 25.7 Å². The van der Waals surface area contributed by atoms with E-state index in [1.807, 2.05) is 0 Å². The minimum Gasteiger partial charge on any atom is -0.427 e. The van der Waals surface area contributed by atoms with Crippen LogP contribution in [0.2, 0.25) is 0 Å². The average molecular weight is 377 g/mol. The third-order valence-corrected chi connectivity index (χ3v) is 5.79. The second-order valence-corrected chi connectivity index (χ2v) is 7.18. The maximum atomic E-state index is 5.68. The van der Waals surface area contributed by atoms with Crippen LogP contribution in [-0.4, -0.2) is 22.4 Å². The lowest BCUT2D eigenvalue weighted by atomic mass is 9.80. The molecule has 0 atom stereocenters. The number of alkyl halides is 1. The molecule has 0 fully saturated rings. The third kappa shape index (κ3) is 5.38. The lowest BCUT2D eigenvalue weighted by Gasteiger charge is -2.32. The number of rotatable bonds is 9. The second-order valence-electron chi connectivity index (χ2n) is 6.04. The molecule has 2 rings (SSSR count). The van der Waals surface area contributed by atoms with E-state index in [4.69, 9.17) is 4.43 Å². The molecule has 0 bridgehead atoms. The maximum absolute atomic E-state index is 5.68. The van der Waals surface area contributed by atoms with Gasteiger partial charge in [0.25, 0.3) is 0 Å². The van der Waals surface area contributed by atoms with Gasteiger partial charge in [-0.3, -0.25) is 0 Å². The van der Waals surface area contributed by atoms with Gasteiger partial charge in [0, 0.05) is 17.4 Å². The summed E-state index contributed by atoms with van der Waals surface area (Å²) in [5, 5.41) is 1.00. The molecule has 0 aromatic heterocycles. The van der Waals surface area contributed by atoms with E-state index in [9.17, 15) is 0 Å². The van der Waals surface area contributed by atoms with Crippen molar-refractivity contribution >= 4 is 26.4 Å². The van der Waals surface area contributed by atoms with Gasteiger partial charge in [0.15, 0.2) is 0 Å². The van der Waals surface area contributed by atoms with Gasteiger partial charge in [-0.05, 0) is 36.8 Å². The van der Waals surface area contributed by atoms with Gasteiger partial charge in [-0.25, -0.2) is 0 Å². The van der Waals surface area contributed by atoms with Crippen LogP contribution in [-0.2, 0) is 17.3 Å². The van der Waals surface area contributed by atoms with E-state index < -0.39 is 0 Å². The number of halogens is 1. The molecule has 0 radical (unpaired) electrons. The van der Waals surface area contributed by atoms with E-state index in [0.29, 0.717) is 0 Å². The Kier molecular flexibility index (Phi) is 7.36. The van der Waals surface area contributed by atoms with Crippen molar-refractivity contribution in [3.05, 3.63) is 71.8 Å². The Morgan fingerprint density at radius 2 is 1.27 bits per heavy atom. The van der Waals surface area contributed by atoms with E-state index in [0.717, 1.165) is 48.1 Å². The summed E-state index contributed by atoms with van der Waals surface area (Å²) in [4.78, 5) is 0. The summed E-state index contributed by atoms with van der Waals surface area (Å²) in [6.07, 6.45) is 4.56. The quantitative estimate of drug-likeness (QED) is 0.475. The van der Waals surface area contributed by atoms with Crippen LogP contribution in [0.3, 0.4) is 0 Å². The summed E-state index contributed by atoms with van der Waals surface area (Å²) in [6.45, 7) is 0.865. The Bertz CT molecular complexity index is 486. The van der Waals surface area contributed by atoms with Crippen LogP contribution in [0.4, 0.5) is 0 Å². The number of aryl methyl sites for hydroxylation is 2. The Balaban J connectivity index is 1.99. The molecule has 0 unspecified atom stereocenters. The van der Waals surface area contributed by atoms with Crippen LogP contribution in [0.15, 0.2) is 60.7 Å². The van der Waals surface area contributed by atoms with Crippen LogP contribution in [0.5, 0.6) is 0 Å². The molecule has 22 heavy (non-hydrogen) atoms. The normalized spacial score (nSPS) is 11.7. The molecule has 0 spiro atoms. The molecule has 0 amide bonds. The topological polar surface area (TPSA) is 9.23 Å². The third-order valence-electron chi connectivity index (χ3n) is 4.31. The first-order valence-electron chi connectivity index (χ1n) is 7.91. The summed E-state index contributed by atoms with van der Waals surface area (Å²) in [7, 11) is 0.808. The number of hydrogen-bond acceptors (Lipinski definition) is 1. The van der Waals surface area contributed by atoms with Gasteiger partial charge in [0.05, 0.1) is 0 Å². The highest BCUT2D eigenvalue weighted by Crippen LogP contribution is 2.32. The molecular formula is C19H25BrOSi. The van der Waals surface area contributed by atoms with E-state index >= 15 is 0 Å². The monoisotopic (exact) mass is 376 g/mol. The Morgan fingerprint density at radius 1 is 0.818 bits per heavy atom. The first-order valence-corrected chi connectivity index (χ1v) is 9.84. The summed E-state index contributed by atoms with van der Waals surface area (Å²) in [5.74, 6) is 0. The van der Waals surface area contributed by atoms with Gasteiger partial charge in [0.1, 0.15) is 10.5 Å². The first-order chi connectivity index (χ1) is 10.8. The summed E-state index contributed by atoms with van der Waals surface area (Å²) < 4.78 is 5.68. The lowest BCUT2D eigenvalue weighted by molar-refractivity contribution is 0.157. The van der Waals surface area contributed by atoms with E-state index in [-0.39, 0.29) is 5.41 Å². The van der Waals surface area contributed by atoms with Crippen molar-refractivity contribution in [1.29, 1.82) is 0 Å². The fourth-order valence-corrected chi connectivity index (χ4v) is 4.19. The molecule has 3 heteroatoms. The van der Waals surface area contributed by atoms with Gasteiger partial charge >= 0.3 is 0 Å². The summed E-state index contributed by atoms with van der Waals surface area (Å²) >= 11 is 3.76. The predicted molar refractivity (Wildman–Crippen MR) is 102 cm³/mol. The number of hydrogen-bond donors (Lipinski definition) is 0. The van der Waals surface area contributed by atoms with Crippen molar-refractivity contribution < 1.29 is 4.43 Å². The van der Waals surface area contributed by atoms with E-state index in [2.05, 4.69) is 76.6 Å². The lowest BCUT2D eigenvalue weighted by Crippen LogP contribution is -2.30. The highest BCUT2D eigenvalue weighted by atomic mass is 79.9. The maximum Gasteiger partial charge on any atom is 0.145 e. The van der Waals surface area contributed by atoms with Crippen molar-refractivity contribution in [1.82, 2.24) is 0 Å². The van der Waals surface area contributed by atoms with Crippen molar-refractivity contribution in [3.63, 3.8) is 0 Å². The molecule has 1 nitrogen and oxygen atoms in total. The van der Waals surface area contributed by atoms with E-state index in [1.165, 1.54) is 11.1 Å². The fourth-order valence-electron chi connectivity index (χ4n) is 2.86. The second kappa shape index (κ2) is 9.28. The van der Waals surface area contributed by atoms with Crippen molar-refractivity contribution in [2.75, 3.05) is 11.9 Å². The van der Waals surface area contributed by atoms with Crippen molar-refractivity contribution in [3.8, 4) is 0 Å². The molecule has 2 aromatic rings. The van der Waals surface area contributed by atoms with Crippen LogP contribution < -0.4 is 0 Å². The average Bonchev–Trinajstić information content (AvgIpc) is 2.59. The molecule has 0 aliphatic heterocycles. The van der Waals surface area contributed by atoms with Crippen molar-refractivity contribution in [2.24, 2.45) is 5.41 Å². The standard InChI is InChI=1S/C19H25BrOSi/c20-15-19(16-21-22,13-11-17-7-3-1-4-8-17)14-12-18-9-5-2-6-10-18/h1-10H,11-16H2,22H3. The molecule has 2 aromatic carbocycles. The van der Waals surface area contributed by atoms with Crippen LogP contribution in [0.25, 0.3) is 0 Å². The summed E-state index contributed by atoms with van der Waals surface area (Å²) in [5.41, 5.74) is 3.06. The molecule has 0 heterocycles. The summed E-state index contributed by atoms with van der Waals surface area (Å²) in [6, 6.07) is 21.5. The zero-order valence-corrected chi connectivity index (χ0v) is 16.9. The van der Waals surface area contributed by atoms with Gasteiger partial charge in [-0.2, -0.15) is 0 Å². The molecule has 0 N–H and O–H groups in total. The smallest absolute Gasteiger partial charge is 0.145 e. The molecule has 0 aliphatic carbocycles. The largest absolute Gasteiger partial charge is 0.427 e. The highest BCUT2D eigenvalue weighted by molar-refractivity contribution is 9.09. The van der Waals surface area contributed by atoms with Crippen LogP contribution in [0, 0.1) is 5.41 Å². The van der Waals surface area contributed by atoms with Crippen LogP contribution >= 0.6 is 15.9 Å². The highest BCUT2D eigenvalue weighted by Gasteiger charge is 2.28. The molecule has 0 saturated carbocycles. The Hall–Kier alpha value is -0.903. The minimum absolute atomic E-state index is 0.230.